The molecule has 0 fully saturated rings. The minimum absolute atomic E-state index is 0.211. The lowest BCUT2D eigenvalue weighted by atomic mass is 10.2. The summed E-state index contributed by atoms with van der Waals surface area (Å²) in [5.41, 5.74) is 6.74. The second-order valence-corrected chi connectivity index (χ2v) is 7.11. The molecule has 1 aromatic rings. The van der Waals surface area contributed by atoms with E-state index in [1.807, 2.05) is 18.2 Å². The van der Waals surface area contributed by atoms with Crippen molar-refractivity contribution in [3.8, 4) is 0 Å². The van der Waals surface area contributed by atoms with Gasteiger partial charge in [-0.2, -0.15) is 0 Å². The largest absolute Gasteiger partial charge is 0.330 e. The van der Waals surface area contributed by atoms with E-state index in [1.165, 1.54) is 5.56 Å². The summed E-state index contributed by atoms with van der Waals surface area (Å²) in [6, 6.07) is 10.1. The Bertz CT molecular complexity index is 446. The van der Waals surface area contributed by atoms with E-state index in [2.05, 4.69) is 17.0 Å². The van der Waals surface area contributed by atoms with Crippen molar-refractivity contribution < 1.29 is 8.42 Å². The maximum Gasteiger partial charge on any atom is 0.151 e. The number of nitrogens with two attached hydrogens (primary N) is 1. The predicted molar refractivity (Wildman–Crippen MR) is 79.7 cm³/mol. The fourth-order valence-corrected chi connectivity index (χ4v) is 2.66. The molecule has 0 bridgehead atoms. The van der Waals surface area contributed by atoms with E-state index in [1.54, 1.807) is 6.92 Å². The zero-order chi connectivity index (χ0) is 14.1. The van der Waals surface area contributed by atoms with Gasteiger partial charge in [-0.25, -0.2) is 8.42 Å². The fraction of sp³-hybridized carbons (Fsp3) is 0.571. The fourth-order valence-electron chi connectivity index (χ4n) is 1.84. The van der Waals surface area contributed by atoms with E-state index in [0.717, 1.165) is 19.5 Å². The Kier molecular flexibility index (Phi) is 7.05. The zero-order valence-corrected chi connectivity index (χ0v) is 12.4. The SMILES string of the molecule is CCS(=O)(=O)CCN(CCCN)Cc1ccccc1. The first-order valence-electron chi connectivity index (χ1n) is 6.74. The van der Waals surface area contributed by atoms with Crippen LogP contribution in [0.15, 0.2) is 30.3 Å². The van der Waals surface area contributed by atoms with Gasteiger partial charge >= 0.3 is 0 Å². The monoisotopic (exact) mass is 284 g/mol. The number of hydrogen-bond acceptors (Lipinski definition) is 4. The summed E-state index contributed by atoms with van der Waals surface area (Å²) in [4.78, 5) is 2.16. The van der Waals surface area contributed by atoms with Gasteiger partial charge in [-0.1, -0.05) is 37.3 Å². The predicted octanol–water partition coefficient (Wildman–Crippen LogP) is 1.27. The van der Waals surface area contributed by atoms with E-state index >= 15 is 0 Å². The van der Waals surface area contributed by atoms with Gasteiger partial charge in [-0.3, -0.25) is 4.90 Å². The number of nitrogens with zero attached hydrogens (tertiary/aromatic N) is 1. The highest BCUT2D eigenvalue weighted by molar-refractivity contribution is 7.91. The standard InChI is InChI=1S/C14H24N2O2S/c1-2-19(17,18)12-11-16(10-6-9-15)13-14-7-4-3-5-8-14/h3-5,7-8H,2,6,9-13,15H2,1H3. The molecule has 0 unspecified atom stereocenters. The third-order valence-electron chi connectivity index (χ3n) is 3.09. The second-order valence-electron chi connectivity index (χ2n) is 4.64. The van der Waals surface area contributed by atoms with Crippen LogP contribution in [0.25, 0.3) is 0 Å². The van der Waals surface area contributed by atoms with Crippen molar-refractivity contribution in [2.45, 2.75) is 19.9 Å². The van der Waals surface area contributed by atoms with E-state index in [9.17, 15) is 8.42 Å². The minimum atomic E-state index is -2.90. The van der Waals surface area contributed by atoms with E-state index < -0.39 is 9.84 Å². The van der Waals surface area contributed by atoms with Crippen LogP contribution in [0.5, 0.6) is 0 Å². The summed E-state index contributed by atoms with van der Waals surface area (Å²) < 4.78 is 23.2. The van der Waals surface area contributed by atoms with Crippen LogP contribution in [0.2, 0.25) is 0 Å². The van der Waals surface area contributed by atoms with Gasteiger partial charge in [0, 0.05) is 18.8 Å². The highest BCUT2D eigenvalue weighted by atomic mass is 32.2. The molecule has 0 radical (unpaired) electrons. The maximum atomic E-state index is 11.6. The topological polar surface area (TPSA) is 63.4 Å². The van der Waals surface area contributed by atoms with Crippen molar-refractivity contribution in [3.63, 3.8) is 0 Å². The highest BCUT2D eigenvalue weighted by Gasteiger charge is 2.12. The Morgan fingerprint density at radius 3 is 2.42 bits per heavy atom. The van der Waals surface area contributed by atoms with Crippen molar-refractivity contribution in [3.05, 3.63) is 35.9 Å². The molecular formula is C14H24N2O2S. The van der Waals surface area contributed by atoms with Gasteiger partial charge in [-0.15, -0.1) is 0 Å². The van der Waals surface area contributed by atoms with Gasteiger partial charge < -0.3 is 5.73 Å². The number of sulfone groups is 1. The smallest absolute Gasteiger partial charge is 0.151 e. The van der Waals surface area contributed by atoms with Crippen molar-refractivity contribution >= 4 is 9.84 Å². The normalized spacial score (nSPS) is 11.9. The second kappa shape index (κ2) is 8.30. The first-order chi connectivity index (χ1) is 9.07. The van der Waals surface area contributed by atoms with Crippen molar-refractivity contribution in [1.82, 2.24) is 4.90 Å². The number of rotatable bonds is 9. The Hall–Kier alpha value is -0.910. The third kappa shape index (κ3) is 6.71. The maximum absolute atomic E-state index is 11.6. The molecule has 0 aliphatic rings. The Labute approximate surface area is 116 Å². The van der Waals surface area contributed by atoms with E-state index in [4.69, 9.17) is 5.73 Å². The quantitative estimate of drug-likeness (QED) is 0.742. The lowest BCUT2D eigenvalue weighted by Gasteiger charge is -2.22. The van der Waals surface area contributed by atoms with Gasteiger partial charge in [0.15, 0.2) is 9.84 Å². The number of hydrogen-bond donors (Lipinski definition) is 1. The molecule has 0 aliphatic carbocycles. The van der Waals surface area contributed by atoms with Crippen LogP contribution in [0.3, 0.4) is 0 Å². The van der Waals surface area contributed by atoms with Crippen molar-refractivity contribution in [2.75, 3.05) is 31.1 Å². The summed E-state index contributed by atoms with van der Waals surface area (Å²) in [6.45, 7) is 4.51. The molecular weight excluding hydrogens is 260 g/mol. The van der Waals surface area contributed by atoms with Crippen LogP contribution >= 0.6 is 0 Å². The summed E-state index contributed by atoms with van der Waals surface area (Å²) >= 11 is 0. The minimum Gasteiger partial charge on any atom is -0.330 e. The lowest BCUT2D eigenvalue weighted by Crippen LogP contribution is -2.31. The summed E-state index contributed by atoms with van der Waals surface area (Å²) in [6.07, 6.45) is 0.888. The molecule has 1 aromatic carbocycles. The first kappa shape index (κ1) is 16.1. The summed E-state index contributed by atoms with van der Waals surface area (Å²) in [5.74, 6) is 0.434. The molecule has 19 heavy (non-hydrogen) atoms. The van der Waals surface area contributed by atoms with E-state index in [0.29, 0.717) is 13.1 Å². The zero-order valence-electron chi connectivity index (χ0n) is 11.6. The van der Waals surface area contributed by atoms with Gasteiger partial charge in [0.25, 0.3) is 0 Å². The molecule has 0 aromatic heterocycles. The molecule has 0 saturated carbocycles. The molecule has 0 saturated heterocycles. The molecule has 2 N–H and O–H groups in total. The van der Waals surface area contributed by atoms with Crippen LogP contribution < -0.4 is 5.73 Å². The Morgan fingerprint density at radius 2 is 1.84 bits per heavy atom. The van der Waals surface area contributed by atoms with Gasteiger partial charge in [0.1, 0.15) is 0 Å². The van der Waals surface area contributed by atoms with Crippen LogP contribution in [-0.2, 0) is 16.4 Å². The van der Waals surface area contributed by atoms with E-state index in [-0.39, 0.29) is 11.5 Å². The molecule has 0 aliphatic heterocycles. The Balaban J connectivity index is 2.56. The lowest BCUT2D eigenvalue weighted by molar-refractivity contribution is 0.279. The highest BCUT2D eigenvalue weighted by Crippen LogP contribution is 2.05. The molecule has 108 valence electrons. The third-order valence-corrected chi connectivity index (χ3v) is 4.77. The van der Waals surface area contributed by atoms with Crippen LogP contribution in [-0.4, -0.2) is 44.5 Å². The number of benzene rings is 1. The first-order valence-corrected chi connectivity index (χ1v) is 8.56. The van der Waals surface area contributed by atoms with Crippen molar-refractivity contribution in [2.24, 2.45) is 5.73 Å². The average molecular weight is 284 g/mol. The molecule has 0 amide bonds. The average Bonchev–Trinajstić information content (AvgIpc) is 2.43. The van der Waals surface area contributed by atoms with Crippen LogP contribution in [0.4, 0.5) is 0 Å². The van der Waals surface area contributed by atoms with Gasteiger partial charge in [0.05, 0.1) is 5.75 Å². The van der Waals surface area contributed by atoms with Crippen molar-refractivity contribution in [1.29, 1.82) is 0 Å². The molecule has 0 heterocycles. The molecule has 4 nitrogen and oxygen atoms in total. The molecule has 0 spiro atoms. The Morgan fingerprint density at radius 1 is 1.16 bits per heavy atom. The van der Waals surface area contributed by atoms with Crippen LogP contribution in [0.1, 0.15) is 18.9 Å². The molecule has 0 atom stereocenters. The van der Waals surface area contributed by atoms with Gasteiger partial charge in [0.2, 0.25) is 0 Å². The van der Waals surface area contributed by atoms with Crippen LogP contribution in [0, 0.1) is 0 Å². The summed E-state index contributed by atoms with van der Waals surface area (Å²) in [5, 5.41) is 0. The molecule has 1 rings (SSSR count). The molecule has 5 heteroatoms. The van der Waals surface area contributed by atoms with Gasteiger partial charge in [-0.05, 0) is 25.1 Å². The summed E-state index contributed by atoms with van der Waals surface area (Å²) in [7, 11) is -2.90.